The fourth-order valence-electron chi connectivity index (χ4n) is 1.67. The van der Waals surface area contributed by atoms with Crippen LogP contribution in [0.5, 0.6) is 0 Å². The van der Waals surface area contributed by atoms with Crippen molar-refractivity contribution in [3.63, 3.8) is 0 Å². The van der Waals surface area contributed by atoms with Crippen LogP contribution in [0, 0.1) is 6.92 Å². The Kier molecular flexibility index (Phi) is 4.14. The Bertz CT molecular complexity index is 493. The Morgan fingerprint density at radius 2 is 2.33 bits per heavy atom. The normalized spacial score (nSPS) is 15.0. The van der Waals surface area contributed by atoms with E-state index in [-0.39, 0.29) is 18.4 Å². The number of aryl methyl sites for hydroxylation is 1. The molecule has 1 aromatic carbocycles. The van der Waals surface area contributed by atoms with Gasteiger partial charge in [-0.2, -0.15) is 0 Å². The van der Waals surface area contributed by atoms with Gasteiger partial charge < -0.3 is 10.2 Å². The van der Waals surface area contributed by atoms with Crippen LogP contribution in [0.1, 0.15) is 5.56 Å². The van der Waals surface area contributed by atoms with Crippen LogP contribution in [-0.4, -0.2) is 34.9 Å². The second-order valence-corrected chi connectivity index (χ2v) is 5.47. The van der Waals surface area contributed by atoms with Crippen molar-refractivity contribution in [2.75, 3.05) is 23.5 Å². The van der Waals surface area contributed by atoms with Gasteiger partial charge in [0.2, 0.25) is 11.8 Å². The number of nitrogens with one attached hydrogen (secondary N) is 1. The van der Waals surface area contributed by atoms with Gasteiger partial charge in [0, 0.05) is 10.7 Å². The molecule has 1 saturated heterocycles. The molecule has 1 fully saturated rings. The van der Waals surface area contributed by atoms with Crippen molar-refractivity contribution in [1.29, 1.82) is 0 Å². The second kappa shape index (κ2) is 5.63. The van der Waals surface area contributed by atoms with Crippen molar-refractivity contribution in [3.8, 4) is 0 Å². The summed E-state index contributed by atoms with van der Waals surface area (Å²) < 4.78 is 0. The molecular formula is C12H13ClN2O2S. The predicted molar refractivity (Wildman–Crippen MR) is 73.9 cm³/mol. The number of amides is 2. The summed E-state index contributed by atoms with van der Waals surface area (Å²) in [5.74, 6) is 0.887. The molecule has 96 valence electrons. The highest BCUT2D eigenvalue weighted by molar-refractivity contribution is 8.00. The molecule has 0 unspecified atom stereocenters. The average Bonchev–Trinajstić information content (AvgIpc) is 2.69. The van der Waals surface area contributed by atoms with E-state index in [4.69, 9.17) is 11.6 Å². The predicted octanol–water partition coefficient (Wildman–Crippen LogP) is 2.12. The molecule has 0 radical (unpaired) electrons. The molecule has 0 saturated carbocycles. The van der Waals surface area contributed by atoms with Crippen LogP contribution in [-0.2, 0) is 9.59 Å². The molecule has 2 rings (SSSR count). The van der Waals surface area contributed by atoms with E-state index < -0.39 is 0 Å². The van der Waals surface area contributed by atoms with Crippen molar-refractivity contribution in [2.45, 2.75) is 6.92 Å². The number of benzene rings is 1. The fraction of sp³-hybridized carbons (Fsp3) is 0.333. The van der Waals surface area contributed by atoms with E-state index in [0.29, 0.717) is 16.7 Å². The van der Waals surface area contributed by atoms with Crippen LogP contribution in [0.25, 0.3) is 0 Å². The monoisotopic (exact) mass is 284 g/mol. The van der Waals surface area contributed by atoms with Crippen LogP contribution in [0.2, 0.25) is 5.02 Å². The Morgan fingerprint density at radius 1 is 1.56 bits per heavy atom. The van der Waals surface area contributed by atoms with Gasteiger partial charge in [0.1, 0.15) is 6.54 Å². The van der Waals surface area contributed by atoms with Crippen LogP contribution in [0.15, 0.2) is 18.2 Å². The van der Waals surface area contributed by atoms with Gasteiger partial charge in [0.25, 0.3) is 0 Å². The largest absolute Gasteiger partial charge is 0.324 e. The standard InChI is InChI=1S/C12H13ClN2O2S/c1-8-4-9(13)2-3-10(8)14-11(16)5-15-7-18-6-12(15)17/h2-4H,5-7H2,1H3,(H,14,16). The number of nitrogens with zero attached hydrogens (tertiary/aromatic N) is 1. The first-order valence-corrected chi connectivity index (χ1v) is 7.01. The minimum absolute atomic E-state index is 0.0166. The lowest BCUT2D eigenvalue weighted by Crippen LogP contribution is -2.34. The Balaban J connectivity index is 1.96. The van der Waals surface area contributed by atoms with E-state index in [1.807, 2.05) is 6.92 Å². The lowest BCUT2D eigenvalue weighted by molar-refractivity contribution is -0.130. The maximum atomic E-state index is 11.8. The molecule has 4 nitrogen and oxygen atoms in total. The zero-order valence-electron chi connectivity index (χ0n) is 9.90. The molecule has 1 heterocycles. The second-order valence-electron chi connectivity index (χ2n) is 4.08. The molecule has 6 heteroatoms. The zero-order chi connectivity index (χ0) is 13.1. The van der Waals surface area contributed by atoms with Crippen molar-refractivity contribution in [2.24, 2.45) is 0 Å². The maximum Gasteiger partial charge on any atom is 0.244 e. The summed E-state index contributed by atoms with van der Waals surface area (Å²) in [7, 11) is 0. The Hall–Kier alpha value is -1.20. The van der Waals surface area contributed by atoms with Gasteiger partial charge in [-0.05, 0) is 30.7 Å². The highest BCUT2D eigenvalue weighted by atomic mass is 35.5. The van der Waals surface area contributed by atoms with E-state index >= 15 is 0 Å². The summed E-state index contributed by atoms with van der Waals surface area (Å²) in [4.78, 5) is 24.7. The quantitative estimate of drug-likeness (QED) is 0.925. The lowest BCUT2D eigenvalue weighted by atomic mass is 10.2. The molecule has 0 aliphatic carbocycles. The minimum atomic E-state index is -0.184. The molecule has 1 N–H and O–H groups in total. The van der Waals surface area contributed by atoms with Crippen molar-refractivity contribution >= 4 is 40.9 Å². The molecule has 1 aliphatic rings. The molecule has 0 spiro atoms. The van der Waals surface area contributed by atoms with Gasteiger partial charge in [-0.25, -0.2) is 0 Å². The number of anilines is 1. The molecule has 1 aromatic rings. The maximum absolute atomic E-state index is 11.8. The highest BCUT2D eigenvalue weighted by Gasteiger charge is 2.22. The minimum Gasteiger partial charge on any atom is -0.324 e. The average molecular weight is 285 g/mol. The number of hydrogen-bond donors (Lipinski definition) is 1. The summed E-state index contributed by atoms with van der Waals surface area (Å²) in [6, 6.07) is 5.27. The van der Waals surface area contributed by atoms with Crippen molar-refractivity contribution < 1.29 is 9.59 Å². The summed E-state index contributed by atoms with van der Waals surface area (Å²) in [6.07, 6.45) is 0. The van der Waals surface area contributed by atoms with Crippen LogP contribution in [0.3, 0.4) is 0 Å². The van der Waals surface area contributed by atoms with Crippen molar-refractivity contribution in [3.05, 3.63) is 28.8 Å². The number of rotatable bonds is 3. The summed E-state index contributed by atoms with van der Waals surface area (Å²) >= 11 is 7.36. The number of halogens is 1. The summed E-state index contributed by atoms with van der Waals surface area (Å²) in [5.41, 5.74) is 1.63. The van der Waals surface area contributed by atoms with E-state index in [2.05, 4.69) is 5.32 Å². The van der Waals surface area contributed by atoms with Crippen LogP contribution >= 0.6 is 23.4 Å². The first-order chi connectivity index (χ1) is 8.56. The van der Waals surface area contributed by atoms with Crippen molar-refractivity contribution in [1.82, 2.24) is 4.90 Å². The number of hydrogen-bond acceptors (Lipinski definition) is 3. The molecule has 2 amide bonds. The number of carbonyl (C=O) groups excluding carboxylic acids is 2. The Morgan fingerprint density at radius 3 is 2.94 bits per heavy atom. The molecular weight excluding hydrogens is 272 g/mol. The first-order valence-electron chi connectivity index (χ1n) is 5.48. The zero-order valence-corrected chi connectivity index (χ0v) is 11.5. The van der Waals surface area contributed by atoms with Gasteiger partial charge in [-0.15, -0.1) is 11.8 Å². The van der Waals surface area contributed by atoms with E-state index in [9.17, 15) is 9.59 Å². The lowest BCUT2D eigenvalue weighted by Gasteiger charge is -2.15. The third-order valence-electron chi connectivity index (χ3n) is 2.62. The Labute approximate surface area is 115 Å². The van der Waals surface area contributed by atoms with E-state index in [0.717, 1.165) is 11.3 Å². The molecule has 1 aliphatic heterocycles. The number of carbonyl (C=O) groups is 2. The van der Waals surface area contributed by atoms with Crippen LogP contribution < -0.4 is 5.32 Å². The smallest absolute Gasteiger partial charge is 0.244 e. The third-order valence-corrected chi connectivity index (χ3v) is 3.80. The van der Waals surface area contributed by atoms with Gasteiger partial charge in [-0.3, -0.25) is 9.59 Å². The summed E-state index contributed by atoms with van der Waals surface area (Å²) in [5, 5.41) is 3.42. The molecule has 0 bridgehead atoms. The van der Waals surface area contributed by atoms with Gasteiger partial charge >= 0.3 is 0 Å². The molecule has 0 atom stereocenters. The number of thioether (sulfide) groups is 1. The van der Waals surface area contributed by atoms with E-state index in [1.54, 1.807) is 23.1 Å². The third kappa shape index (κ3) is 3.17. The highest BCUT2D eigenvalue weighted by Crippen LogP contribution is 2.20. The molecule has 0 aromatic heterocycles. The molecule has 18 heavy (non-hydrogen) atoms. The van der Waals surface area contributed by atoms with Gasteiger partial charge in [0.15, 0.2) is 0 Å². The topological polar surface area (TPSA) is 49.4 Å². The van der Waals surface area contributed by atoms with Gasteiger partial charge in [0.05, 0.1) is 11.6 Å². The SMILES string of the molecule is Cc1cc(Cl)ccc1NC(=O)CN1CSCC1=O. The van der Waals surface area contributed by atoms with Crippen LogP contribution in [0.4, 0.5) is 5.69 Å². The fourth-order valence-corrected chi connectivity index (χ4v) is 2.80. The van der Waals surface area contributed by atoms with Gasteiger partial charge in [-0.1, -0.05) is 11.6 Å². The summed E-state index contributed by atoms with van der Waals surface area (Å²) in [6.45, 7) is 1.98. The van der Waals surface area contributed by atoms with E-state index in [1.165, 1.54) is 11.8 Å². The first kappa shape index (κ1) is 13.2.